The molecule has 0 bridgehead atoms. The van der Waals surface area contributed by atoms with E-state index in [9.17, 15) is 5.11 Å². The smallest absolute Gasteiger partial charge is 0.127 e. The van der Waals surface area contributed by atoms with E-state index in [-0.39, 0.29) is 0 Å². The minimum atomic E-state index is 0.337. The van der Waals surface area contributed by atoms with Gasteiger partial charge in [-0.3, -0.25) is 0 Å². The number of hydrogen-bond acceptors (Lipinski definition) is 2. The second-order valence-corrected chi connectivity index (χ2v) is 4.80. The van der Waals surface area contributed by atoms with Crippen LogP contribution in [0.2, 0.25) is 0 Å². The number of para-hydroxylation sites is 1. The van der Waals surface area contributed by atoms with Gasteiger partial charge in [0, 0.05) is 0 Å². The molecule has 0 atom stereocenters. The quantitative estimate of drug-likeness (QED) is 0.862. The normalized spacial score (nSPS) is 10.6. The van der Waals surface area contributed by atoms with Crippen molar-refractivity contribution in [1.29, 1.82) is 0 Å². The van der Waals surface area contributed by atoms with Crippen molar-refractivity contribution in [3.63, 3.8) is 0 Å². The fourth-order valence-corrected chi connectivity index (χ4v) is 1.85. The van der Waals surface area contributed by atoms with Gasteiger partial charge in [0.2, 0.25) is 0 Å². The summed E-state index contributed by atoms with van der Waals surface area (Å²) in [5.74, 6) is 2.40. The summed E-state index contributed by atoms with van der Waals surface area (Å²) < 4.78 is 5.74. The molecule has 0 heterocycles. The average molecular weight is 242 g/mol. The Balaban J connectivity index is 2.19. The van der Waals surface area contributed by atoms with Crippen molar-refractivity contribution in [2.24, 2.45) is 5.92 Å². The fraction of sp³-hybridized carbons (Fsp3) is 0.250. The summed E-state index contributed by atoms with van der Waals surface area (Å²) in [7, 11) is 0. The summed E-state index contributed by atoms with van der Waals surface area (Å²) in [6.07, 6.45) is 0.845. The Labute approximate surface area is 108 Å². The van der Waals surface area contributed by atoms with Gasteiger partial charge in [0.15, 0.2) is 0 Å². The summed E-state index contributed by atoms with van der Waals surface area (Å²) in [6.45, 7) is 4.26. The lowest BCUT2D eigenvalue weighted by Gasteiger charge is -2.11. The molecule has 0 aliphatic rings. The maximum atomic E-state index is 9.79. The van der Waals surface area contributed by atoms with E-state index in [1.807, 2.05) is 36.4 Å². The average Bonchev–Trinajstić information content (AvgIpc) is 2.34. The first-order chi connectivity index (χ1) is 8.65. The van der Waals surface area contributed by atoms with Crippen LogP contribution in [-0.2, 0) is 6.42 Å². The minimum Gasteiger partial charge on any atom is -0.508 e. The van der Waals surface area contributed by atoms with Crippen LogP contribution in [0.4, 0.5) is 0 Å². The molecule has 0 aliphatic heterocycles. The van der Waals surface area contributed by atoms with E-state index >= 15 is 0 Å². The van der Waals surface area contributed by atoms with Crippen molar-refractivity contribution in [2.45, 2.75) is 20.3 Å². The molecule has 0 amide bonds. The van der Waals surface area contributed by atoms with Crippen LogP contribution < -0.4 is 4.74 Å². The van der Waals surface area contributed by atoms with Gasteiger partial charge in [-0.15, -0.1) is 0 Å². The molecule has 0 aromatic heterocycles. The van der Waals surface area contributed by atoms with E-state index in [4.69, 9.17) is 4.74 Å². The second kappa shape index (κ2) is 5.58. The topological polar surface area (TPSA) is 29.5 Å². The molecular formula is C16H18O2. The molecule has 2 nitrogen and oxygen atoms in total. The van der Waals surface area contributed by atoms with Crippen LogP contribution in [0.5, 0.6) is 17.2 Å². The molecule has 2 aromatic carbocycles. The molecule has 0 unspecified atom stereocenters. The molecule has 2 rings (SSSR count). The van der Waals surface area contributed by atoms with Crippen LogP contribution in [-0.4, -0.2) is 5.11 Å². The van der Waals surface area contributed by atoms with E-state index in [0.29, 0.717) is 11.7 Å². The van der Waals surface area contributed by atoms with Crippen molar-refractivity contribution in [3.8, 4) is 17.2 Å². The van der Waals surface area contributed by atoms with Crippen LogP contribution in [0.1, 0.15) is 19.4 Å². The highest BCUT2D eigenvalue weighted by atomic mass is 16.5. The summed E-state index contributed by atoms with van der Waals surface area (Å²) >= 11 is 0. The van der Waals surface area contributed by atoms with E-state index in [0.717, 1.165) is 23.5 Å². The lowest BCUT2D eigenvalue weighted by molar-refractivity contribution is 0.452. The molecule has 1 N–H and O–H groups in total. The third-order valence-corrected chi connectivity index (χ3v) is 2.66. The van der Waals surface area contributed by atoms with Crippen LogP contribution in [0.15, 0.2) is 48.5 Å². The lowest BCUT2D eigenvalue weighted by atomic mass is 10.0. The SMILES string of the molecule is CC(C)Cc1cc(Oc2ccccc2)ccc1O. The third-order valence-electron chi connectivity index (χ3n) is 2.66. The van der Waals surface area contributed by atoms with Gasteiger partial charge in [-0.1, -0.05) is 32.0 Å². The van der Waals surface area contributed by atoms with E-state index < -0.39 is 0 Å². The maximum absolute atomic E-state index is 9.79. The van der Waals surface area contributed by atoms with Crippen molar-refractivity contribution >= 4 is 0 Å². The summed E-state index contributed by atoms with van der Waals surface area (Å²) in [5, 5.41) is 9.79. The molecule has 18 heavy (non-hydrogen) atoms. The van der Waals surface area contributed by atoms with Gasteiger partial charge in [0.25, 0.3) is 0 Å². The zero-order valence-corrected chi connectivity index (χ0v) is 10.8. The zero-order valence-electron chi connectivity index (χ0n) is 10.8. The van der Waals surface area contributed by atoms with Gasteiger partial charge in [-0.2, -0.15) is 0 Å². The largest absolute Gasteiger partial charge is 0.508 e. The van der Waals surface area contributed by atoms with Crippen molar-refractivity contribution < 1.29 is 9.84 Å². The number of phenolic OH excluding ortho intramolecular Hbond substituents is 1. The Kier molecular flexibility index (Phi) is 3.88. The van der Waals surface area contributed by atoms with Gasteiger partial charge in [0.05, 0.1) is 0 Å². The van der Waals surface area contributed by atoms with Crippen molar-refractivity contribution in [2.75, 3.05) is 0 Å². The molecule has 2 heteroatoms. The molecule has 0 radical (unpaired) electrons. The number of phenols is 1. The van der Waals surface area contributed by atoms with Crippen LogP contribution in [0.3, 0.4) is 0 Å². The molecule has 94 valence electrons. The molecule has 0 saturated carbocycles. The van der Waals surface area contributed by atoms with E-state index in [1.54, 1.807) is 12.1 Å². The summed E-state index contributed by atoms with van der Waals surface area (Å²) in [4.78, 5) is 0. The highest BCUT2D eigenvalue weighted by Crippen LogP contribution is 2.28. The molecule has 0 fully saturated rings. The first kappa shape index (κ1) is 12.5. The Bertz CT molecular complexity index is 504. The van der Waals surface area contributed by atoms with Crippen LogP contribution in [0, 0.1) is 5.92 Å². The van der Waals surface area contributed by atoms with Gasteiger partial charge >= 0.3 is 0 Å². The highest BCUT2D eigenvalue weighted by Gasteiger charge is 2.06. The minimum absolute atomic E-state index is 0.337. The van der Waals surface area contributed by atoms with Crippen LogP contribution >= 0.6 is 0 Å². The number of rotatable bonds is 4. The predicted octanol–water partition coefficient (Wildman–Crippen LogP) is 4.38. The first-order valence-corrected chi connectivity index (χ1v) is 6.20. The van der Waals surface area contributed by atoms with Crippen LogP contribution in [0.25, 0.3) is 0 Å². The molecular weight excluding hydrogens is 224 g/mol. The van der Waals surface area contributed by atoms with Gasteiger partial charge < -0.3 is 9.84 Å². The Morgan fingerprint density at radius 1 is 1.00 bits per heavy atom. The van der Waals surface area contributed by atoms with Gasteiger partial charge in [0.1, 0.15) is 17.2 Å². The predicted molar refractivity (Wildman–Crippen MR) is 73.2 cm³/mol. The monoisotopic (exact) mass is 242 g/mol. The maximum Gasteiger partial charge on any atom is 0.127 e. The lowest BCUT2D eigenvalue weighted by Crippen LogP contribution is -1.95. The highest BCUT2D eigenvalue weighted by molar-refractivity contribution is 5.41. The molecule has 0 spiro atoms. The number of ether oxygens (including phenoxy) is 1. The summed E-state index contributed by atoms with van der Waals surface area (Å²) in [6, 6.07) is 15.0. The Hall–Kier alpha value is -1.96. The zero-order chi connectivity index (χ0) is 13.0. The van der Waals surface area contributed by atoms with E-state index in [1.165, 1.54) is 0 Å². The van der Waals surface area contributed by atoms with E-state index in [2.05, 4.69) is 13.8 Å². The standard InChI is InChI=1S/C16H18O2/c1-12(2)10-13-11-15(8-9-16(13)17)18-14-6-4-3-5-7-14/h3-9,11-12,17H,10H2,1-2H3. The van der Waals surface area contributed by atoms with Crippen molar-refractivity contribution in [1.82, 2.24) is 0 Å². The van der Waals surface area contributed by atoms with Gasteiger partial charge in [-0.05, 0) is 48.2 Å². The molecule has 0 saturated heterocycles. The first-order valence-electron chi connectivity index (χ1n) is 6.20. The van der Waals surface area contributed by atoms with Gasteiger partial charge in [-0.25, -0.2) is 0 Å². The number of aromatic hydroxyl groups is 1. The Morgan fingerprint density at radius 2 is 1.72 bits per heavy atom. The number of benzene rings is 2. The second-order valence-electron chi connectivity index (χ2n) is 4.80. The fourth-order valence-electron chi connectivity index (χ4n) is 1.85. The Morgan fingerprint density at radius 3 is 2.39 bits per heavy atom. The van der Waals surface area contributed by atoms with Crippen molar-refractivity contribution in [3.05, 3.63) is 54.1 Å². The third kappa shape index (κ3) is 3.27. The summed E-state index contributed by atoms with van der Waals surface area (Å²) in [5.41, 5.74) is 0.929. The molecule has 2 aromatic rings. The molecule has 0 aliphatic carbocycles. The number of hydrogen-bond donors (Lipinski definition) is 1.